The monoisotopic (exact) mass is 416 g/mol. The highest BCUT2D eigenvalue weighted by molar-refractivity contribution is 6.35. The van der Waals surface area contributed by atoms with Crippen molar-refractivity contribution in [1.82, 2.24) is 4.90 Å². The zero-order valence-corrected chi connectivity index (χ0v) is 16.5. The molecule has 0 bridgehead atoms. The number of carbonyl (C=O) groups is 2. The molecule has 1 fully saturated rings. The van der Waals surface area contributed by atoms with Gasteiger partial charge >= 0.3 is 0 Å². The molecule has 0 aliphatic carbocycles. The molecule has 2 aliphatic heterocycles. The van der Waals surface area contributed by atoms with Gasteiger partial charge in [-0.05, 0) is 29.7 Å². The van der Waals surface area contributed by atoms with Crippen LogP contribution in [-0.2, 0) is 27.5 Å². The third-order valence-corrected chi connectivity index (χ3v) is 5.81. The van der Waals surface area contributed by atoms with Crippen molar-refractivity contribution in [2.75, 3.05) is 6.54 Å². The van der Waals surface area contributed by atoms with Gasteiger partial charge in [0.25, 0.3) is 0 Å². The van der Waals surface area contributed by atoms with Crippen molar-refractivity contribution >= 4 is 41.1 Å². The van der Waals surface area contributed by atoms with Crippen molar-refractivity contribution in [2.24, 2.45) is 11.1 Å². The minimum absolute atomic E-state index is 0.126. The second kappa shape index (κ2) is 7.94. The van der Waals surface area contributed by atoms with Crippen LogP contribution in [0.15, 0.2) is 47.6 Å². The standard InChI is InChI=1S/C21H18Cl2N2O3/c22-15-6-5-14(18(23)9-15)12-28-24-11-17-20(26)10-19-16-4-2-1-3-13(16)7-8-25(19)21(17)27/h1-6,9,11,17,19H,7-8,10,12H2/b24-11-/t17-,19-/m0/s1. The van der Waals surface area contributed by atoms with E-state index >= 15 is 0 Å². The Morgan fingerprint density at radius 2 is 2.00 bits per heavy atom. The molecule has 0 spiro atoms. The lowest BCUT2D eigenvalue weighted by atomic mass is 9.82. The Morgan fingerprint density at radius 1 is 1.18 bits per heavy atom. The van der Waals surface area contributed by atoms with E-state index in [-0.39, 0.29) is 24.3 Å². The van der Waals surface area contributed by atoms with Crippen LogP contribution in [0.5, 0.6) is 0 Å². The number of nitrogens with zero attached hydrogens (tertiary/aromatic N) is 2. The van der Waals surface area contributed by atoms with Crippen molar-refractivity contribution in [3.63, 3.8) is 0 Å². The van der Waals surface area contributed by atoms with Crippen LogP contribution >= 0.6 is 23.2 Å². The number of Topliss-reactive ketones (excluding diaryl/α,β-unsaturated/α-hetero) is 1. The second-order valence-corrected chi connectivity index (χ2v) is 7.75. The summed E-state index contributed by atoms with van der Waals surface area (Å²) in [5.74, 6) is -1.25. The number of oxime groups is 1. The van der Waals surface area contributed by atoms with Crippen LogP contribution in [0.2, 0.25) is 10.0 Å². The summed E-state index contributed by atoms with van der Waals surface area (Å²) in [6.45, 7) is 0.737. The fourth-order valence-electron chi connectivity index (χ4n) is 3.77. The van der Waals surface area contributed by atoms with Crippen LogP contribution in [0.4, 0.5) is 0 Å². The maximum absolute atomic E-state index is 12.9. The minimum atomic E-state index is -0.901. The Labute approximate surface area is 172 Å². The van der Waals surface area contributed by atoms with E-state index in [4.69, 9.17) is 28.0 Å². The van der Waals surface area contributed by atoms with Gasteiger partial charge in [0.05, 0.1) is 12.3 Å². The van der Waals surface area contributed by atoms with Gasteiger partial charge in [-0.15, -0.1) is 0 Å². The number of hydrogen-bond donors (Lipinski definition) is 0. The Balaban J connectivity index is 1.43. The molecule has 2 aromatic rings. The van der Waals surface area contributed by atoms with Crippen molar-refractivity contribution in [3.8, 4) is 0 Å². The molecule has 0 N–H and O–H groups in total. The fourth-order valence-corrected chi connectivity index (χ4v) is 4.23. The van der Waals surface area contributed by atoms with Crippen LogP contribution in [0.1, 0.15) is 29.2 Å². The van der Waals surface area contributed by atoms with Gasteiger partial charge in [-0.1, -0.05) is 58.7 Å². The number of amides is 1. The number of ketones is 1. The van der Waals surface area contributed by atoms with Crippen LogP contribution in [-0.4, -0.2) is 29.3 Å². The molecule has 28 heavy (non-hydrogen) atoms. The first kappa shape index (κ1) is 19.0. The molecule has 2 heterocycles. The Kier molecular flexibility index (Phi) is 5.38. The number of piperidine rings is 1. The lowest BCUT2D eigenvalue weighted by Crippen LogP contribution is -2.51. The predicted octanol–water partition coefficient (Wildman–Crippen LogP) is 4.21. The summed E-state index contributed by atoms with van der Waals surface area (Å²) in [6, 6.07) is 12.9. The molecule has 144 valence electrons. The van der Waals surface area contributed by atoms with E-state index in [2.05, 4.69) is 11.2 Å². The predicted molar refractivity (Wildman–Crippen MR) is 107 cm³/mol. The van der Waals surface area contributed by atoms with Crippen LogP contribution in [0, 0.1) is 5.92 Å². The highest BCUT2D eigenvalue weighted by Crippen LogP contribution is 2.37. The maximum atomic E-state index is 12.9. The van der Waals surface area contributed by atoms with Crippen LogP contribution < -0.4 is 0 Å². The summed E-state index contributed by atoms with van der Waals surface area (Å²) in [7, 11) is 0. The largest absolute Gasteiger partial charge is 0.391 e. The summed E-state index contributed by atoms with van der Waals surface area (Å²) in [5.41, 5.74) is 3.00. The third-order valence-electron chi connectivity index (χ3n) is 5.22. The van der Waals surface area contributed by atoms with Crippen molar-refractivity contribution < 1.29 is 14.4 Å². The Bertz CT molecular complexity index is 960. The average molecular weight is 417 g/mol. The van der Waals surface area contributed by atoms with E-state index in [0.29, 0.717) is 23.0 Å². The van der Waals surface area contributed by atoms with Gasteiger partial charge in [0.15, 0.2) is 5.78 Å². The zero-order valence-electron chi connectivity index (χ0n) is 15.0. The normalized spacial score (nSPS) is 21.6. The van der Waals surface area contributed by atoms with Gasteiger partial charge in [0.1, 0.15) is 12.5 Å². The lowest BCUT2D eigenvalue weighted by molar-refractivity contribution is -0.146. The van der Waals surface area contributed by atoms with E-state index in [9.17, 15) is 9.59 Å². The highest BCUT2D eigenvalue weighted by atomic mass is 35.5. The summed E-state index contributed by atoms with van der Waals surface area (Å²) < 4.78 is 0. The van der Waals surface area contributed by atoms with Crippen molar-refractivity contribution in [2.45, 2.75) is 25.5 Å². The second-order valence-electron chi connectivity index (χ2n) is 6.91. The lowest BCUT2D eigenvalue weighted by Gasteiger charge is -2.41. The number of fused-ring (bicyclic) bond motifs is 3. The number of halogens is 2. The molecule has 1 amide bonds. The van der Waals surface area contributed by atoms with Crippen LogP contribution in [0.25, 0.3) is 0 Å². The van der Waals surface area contributed by atoms with Crippen LogP contribution in [0.3, 0.4) is 0 Å². The molecule has 4 rings (SSSR count). The number of benzene rings is 2. The SMILES string of the molecule is O=C1C[C@H]2c3ccccc3CCN2C(=O)[C@H]1/C=N\OCc1ccc(Cl)cc1Cl. The summed E-state index contributed by atoms with van der Waals surface area (Å²) in [5, 5.41) is 4.86. The zero-order chi connectivity index (χ0) is 19.7. The quantitative estimate of drug-likeness (QED) is 0.426. The number of rotatable bonds is 4. The molecule has 2 atom stereocenters. The molecule has 0 saturated carbocycles. The first-order valence-corrected chi connectivity index (χ1v) is 9.80. The Morgan fingerprint density at radius 3 is 2.82 bits per heavy atom. The van der Waals surface area contributed by atoms with Crippen molar-refractivity contribution in [1.29, 1.82) is 0 Å². The molecule has 2 aromatic carbocycles. The van der Waals surface area contributed by atoms with E-state index in [1.54, 1.807) is 23.1 Å². The van der Waals surface area contributed by atoms with Gasteiger partial charge in [-0.3, -0.25) is 9.59 Å². The molecular formula is C21H18Cl2N2O3. The van der Waals surface area contributed by atoms with Gasteiger partial charge in [0.2, 0.25) is 5.91 Å². The summed E-state index contributed by atoms with van der Waals surface area (Å²) >= 11 is 12.0. The topological polar surface area (TPSA) is 59.0 Å². The van der Waals surface area contributed by atoms with E-state index in [0.717, 1.165) is 17.5 Å². The van der Waals surface area contributed by atoms with E-state index in [1.165, 1.54) is 11.8 Å². The molecule has 2 aliphatic rings. The molecule has 0 radical (unpaired) electrons. The van der Waals surface area contributed by atoms with Gasteiger partial charge < -0.3 is 9.74 Å². The first-order valence-electron chi connectivity index (χ1n) is 9.05. The number of hydrogen-bond acceptors (Lipinski definition) is 4. The summed E-state index contributed by atoms with van der Waals surface area (Å²) in [6.07, 6.45) is 2.38. The van der Waals surface area contributed by atoms with E-state index in [1.807, 2.05) is 18.2 Å². The van der Waals surface area contributed by atoms with Gasteiger partial charge in [-0.2, -0.15) is 0 Å². The third kappa shape index (κ3) is 3.64. The molecule has 7 heteroatoms. The van der Waals surface area contributed by atoms with Crippen molar-refractivity contribution in [3.05, 3.63) is 69.2 Å². The molecular weight excluding hydrogens is 399 g/mol. The average Bonchev–Trinajstić information content (AvgIpc) is 2.68. The van der Waals surface area contributed by atoms with Gasteiger partial charge in [0, 0.05) is 28.6 Å². The molecule has 0 aromatic heterocycles. The molecule has 1 saturated heterocycles. The molecule has 0 unspecified atom stereocenters. The smallest absolute Gasteiger partial charge is 0.239 e. The highest BCUT2D eigenvalue weighted by Gasteiger charge is 2.43. The minimum Gasteiger partial charge on any atom is -0.391 e. The summed E-state index contributed by atoms with van der Waals surface area (Å²) in [4.78, 5) is 32.5. The Hall–Kier alpha value is -2.37. The van der Waals surface area contributed by atoms with Gasteiger partial charge in [-0.25, -0.2) is 0 Å². The maximum Gasteiger partial charge on any atom is 0.239 e. The molecule has 5 nitrogen and oxygen atoms in total. The number of carbonyl (C=O) groups excluding carboxylic acids is 2. The first-order chi connectivity index (χ1) is 13.5. The fraction of sp³-hybridized carbons (Fsp3) is 0.286. The van der Waals surface area contributed by atoms with E-state index < -0.39 is 5.92 Å².